The van der Waals surface area contributed by atoms with Crippen LogP contribution in [0.1, 0.15) is 43.2 Å². The smallest absolute Gasteiger partial charge is 0.269 e. The molecule has 0 aliphatic carbocycles. The fraction of sp³-hybridized carbons (Fsp3) is 0.571. The number of hydrogen-bond donors (Lipinski definition) is 1. The summed E-state index contributed by atoms with van der Waals surface area (Å²) in [5, 5.41) is 9.96. The van der Waals surface area contributed by atoms with Crippen molar-refractivity contribution in [1.29, 1.82) is 0 Å². The summed E-state index contributed by atoms with van der Waals surface area (Å²) in [7, 11) is 0. The van der Waals surface area contributed by atoms with Crippen LogP contribution in [-0.4, -0.2) is 29.3 Å². The average molecular weight is 255 g/mol. The number of nitrogens with zero attached hydrogens (tertiary/aromatic N) is 1. The molecule has 0 radical (unpaired) electrons. The van der Waals surface area contributed by atoms with Gasteiger partial charge in [-0.05, 0) is 23.5 Å². The predicted molar refractivity (Wildman–Crippen MR) is 66.2 cm³/mol. The van der Waals surface area contributed by atoms with E-state index in [2.05, 4.69) is 0 Å². The molecule has 1 unspecified atom stereocenters. The van der Waals surface area contributed by atoms with Gasteiger partial charge in [-0.1, -0.05) is 38.1 Å². The maximum atomic E-state index is 14.0. The number of alkyl halides is 2. The van der Waals surface area contributed by atoms with E-state index < -0.39 is 18.4 Å². The third kappa shape index (κ3) is 2.54. The Morgan fingerprint density at radius 2 is 2.00 bits per heavy atom. The molecule has 18 heavy (non-hydrogen) atoms. The fourth-order valence-corrected chi connectivity index (χ4v) is 2.66. The molecule has 2 nitrogen and oxygen atoms in total. The van der Waals surface area contributed by atoms with Gasteiger partial charge < -0.3 is 5.21 Å². The van der Waals surface area contributed by atoms with E-state index in [-0.39, 0.29) is 12.3 Å². The van der Waals surface area contributed by atoms with Crippen LogP contribution in [0, 0.1) is 0 Å². The first-order chi connectivity index (χ1) is 8.42. The van der Waals surface area contributed by atoms with Gasteiger partial charge in [-0.2, -0.15) is 5.06 Å². The van der Waals surface area contributed by atoms with Crippen LogP contribution in [-0.2, 0) is 0 Å². The molecule has 1 N–H and O–H groups in total. The summed E-state index contributed by atoms with van der Waals surface area (Å²) in [5.41, 5.74) is 1.71. The summed E-state index contributed by atoms with van der Waals surface area (Å²) in [6.07, 6.45) is 0.285. The number of halogens is 2. The average Bonchev–Trinajstić information content (AvgIpc) is 2.27. The Kier molecular flexibility index (Phi) is 3.69. The van der Waals surface area contributed by atoms with Crippen molar-refractivity contribution in [2.75, 3.05) is 13.1 Å². The van der Waals surface area contributed by atoms with Crippen LogP contribution in [0.2, 0.25) is 0 Å². The highest BCUT2D eigenvalue weighted by Crippen LogP contribution is 2.42. The van der Waals surface area contributed by atoms with Gasteiger partial charge in [0.15, 0.2) is 0 Å². The van der Waals surface area contributed by atoms with Gasteiger partial charge in [0.2, 0.25) is 0 Å². The first kappa shape index (κ1) is 13.4. The number of hydroxylamine groups is 2. The third-order valence-corrected chi connectivity index (χ3v) is 3.57. The minimum absolute atomic E-state index is 0.226. The van der Waals surface area contributed by atoms with E-state index >= 15 is 0 Å². The molecule has 1 fully saturated rings. The topological polar surface area (TPSA) is 23.5 Å². The summed E-state index contributed by atoms with van der Waals surface area (Å²) in [6, 6.07) is 7.41. The van der Waals surface area contributed by atoms with Crippen molar-refractivity contribution < 1.29 is 14.0 Å². The van der Waals surface area contributed by atoms with Gasteiger partial charge in [0.25, 0.3) is 5.92 Å². The summed E-state index contributed by atoms with van der Waals surface area (Å²) >= 11 is 0. The van der Waals surface area contributed by atoms with Crippen LogP contribution in [0.4, 0.5) is 8.78 Å². The quantitative estimate of drug-likeness (QED) is 0.872. The molecule has 1 heterocycles. The van der Waals surface area contributed by atoms with Crippen molar-refractivity contribution in [3.8, 4) is 0 Å². The van der Waals surface area contributed by atoms with Crippen molar-refractivity contribution in [3.63, 3.8) is 0 Å². The molecule has 0 saturated carbocycles. The van der Waals surface area contributed by atoms with E-state index in [9.17, 15) is 14.0 Å². The minimum Gasteiger partial charge on any atom is -0.314 e. The molecule has 2 rings (SSSR count). The van der Waals surface area contributed by atoms with Crippen LogP contribution < -0.4 is 0 Å². The lowest BCUT2D eigenvalue weighted by atomic mass is 9.81. The van der Waals surface area contributed by atoms with Gasteiger partial charge in [0, 0.05) is 6.54 Å². The number of benzene rings is 1. The van der Waals surface area contributed by atoms with Crippen LogP contribution in [0.25, 0.3) is 0 Å². The molecule has 0 aromatic heterocycles. The highest BCUT2D eigenvalue weighted by atomic mass is 19.3. The molecule has 0 amide bonds. The van der Waals surface area contributed by atoms with E-state index in [1.807, 2.05) is 32.0 Å². The summed E-state index contributed by atoms with van der Waals surface area (Å²) in [6.45, 7) is 3.74. The van der Waals surface area contributed by atoms with Gasteiger partial charge in [0.1, 0.15) is 0 Å². The molecular weight excluding hydrogens is 236 g/mol. The Balaban J connectivity index is 2.36. The summed E-state index contributed by atoms with van der Waals surface area (Å²) in [5.74, 6) is -3.44. The van der Waals surface area contributed by atoms with E-state index in [1.54, 1.807) is 6.07 Å². The zero-order valence-electron chi connectivity index (χ0n) is 10.7. The highest BCUT2D eigenvalue weighted by Gasteiger charge is 2.45. The number of hydrogen-bond acceptors (Lipinski definition) is 2. The maximum Gasteiger partial charge on any atom is 0.269 e. The first-order valence-corrected chi connectivity index (χ1v) is 6.32. The monoisotopic (exact) mass is 255 g/mol. The molecule has 1 aromatic carbocycles. The Bertz CT molecular complexity index is 420. The molecule has 0 spiro atoms. The second kappa shape index (κ2) is 4.94. The normalized spacial score (nSPS) is 24.4. The van der Waals surface area contributed by atoms with E-state index in [0.717, 1.165) is 11.1 Å². The van der Waals surface area contributed by atoms with Gasteiger partial charge in [-0.25, -0.2) is 8.78 Å². The summed E-state index contributed by atoms with van der Waals surface area (Å²) < 4.78 is 28.1. The predicted octanol–water partition coefficient (Wildman–Crippen LogP) is 3.62. The van der Waals surface area contributed by atoms with Crippen molar-refractivity contribution in [2.24, 2.45) is 0 Å². The van der Waals surface area contributed by atoms with Gasteiger partial charge in [0.05, 0.1) is 12.5 Å². The molecule has 1 atom stereocenters. The zero-order valence-corrected chi connectivity index (χ0v) is 10.7. The van der Waals surface area contributed by atoms with Crippen LogP contribution >= 0.6 is 0 Å². The minimum atomic E-state index is -2.88. The van der Waals surface area contributed by atoms with Gasteiger partial charge in [-0.15, -0.1) is 0 Å². The number of rotatable bonds is 2. The lowest BCUT2D eigenvalue weighted by Crippen LogP contribution is -2.46. The van der Waals surface area contributed by atoms with Crippen molar-refractivity contribution in [1.82, 2.24) is 5.06 Å². The van der Waals surface area contributed by atoms with Crippen molar-refractivity contribution in [2.45, 2.75) is 38.0 Å². The van der Waals surface area contributed by atoms with E-state index in [4.69, 9.17) is 0 Å². The summed E-state index contributed by atoms with van der Waals surface area (Å²) in [4.78, 5) is 0. The second-order valence-electron chi connectivity index (χ2n) is 5.27. The van der Waals surface area contributed by atoms with Gasteiger partial charge >= 0.3 is 0 Å². The van der Waals surface area contributed by atoms with Gasteiger partial charge in [-0.3, -0.25) is 0 Å². The van der Waals surface area contributed by atoms with E-state index in [1.165, 1.54) is 0 Å². The standard InChI is InChI=1S/C14H19F2NO/c1-10(2)11-5-3-4-6-12(11)13-7-8-17(18)9-14(13,15)16/h3-6,10,13,18H,7-9H2,1-2H3. The lowest BCUT2D eigenvalue weighted by Gasteiger charge is -2.36. The first-order valence-electron chi connectivity index (χ1n) is 6.32. The molecule has 1 aliphatic rings. The molecular formula is C14H19F2NO. The second-order valence-corrected chi connectivity index (χ2v) is 5.27. The van der Waals surface area contributed by atoms with Crippen LogP contribution in [0.3, 0.4) is 0 Å². The fourth-order valence-electron chi connectivity index (χ4n) is 2.66. The van der Waals surface area contributed by atoms with E-state index in [0.29, 0.717) is 11.6 Å². The molecule has 1 saturated heterocycles. The number of piperidine rings is 1. The zero-order chi connectivity index (χ0) is 13.3. The van der Waals surface area contributed by atoms with Crippen LogP contribution in [0.5, 0.6) is 0 Å². The van der Waals surface area contributed by atoms with Crippen molar-refractivity contribution >= 4 is 0 Å². The lowest BCUT2D eigenvalue weighted by molar-refractivity contribution is -0.189. The molecule has 0 bridgehead atoms. The molecule has 100 valence electrons. The maximum absolute atomic E-state index is 14.0. The molecule has 1 aliphatic heterocycles. The highest BCUT2D eigenvalue weighted by molar-refractivity contribution is 5.34. The Morgan fingerprint density at radius 3 is 2.61 bits per heavy atom. The Labute approximate surface area is 106 Å². The SMILES string of the molecule is CC(C)c1ccccc1C1CCN(O)CC1(F)F. The molecule has 4 heteroatoms. The Morgan fingerprint density at radius 1 is 1.33 bits per heavy atom. The van der Waals surface area contributed by atoms with Crippen molar-refractivity contribution in [3.05, 3.63) is 35.4 Å². The Hall–Kier alpha value is -1.00. The third-order valence-electron chi connectivity index (χ3n) is 3.57. The van der Waals surface area contributed by atoms with Crippen LogP contribution in [0.15, 0.2) is 24.3 Å². The largest absolute Gasteiger partial charge is 0.314 e. The molecule has 1 aromatic rings.